The zero-order chi connectivity index (χ0) is 21.1. The Labute approximate surface area is 186 Å². The number of rotatable bonds is 5. The lowest BCUT2D eigenvalue weighted by Gasteiger charge is -2.60. The molecule has 2 heteroatoms. The van der Waals surface area contributed by atoms with Crippen molar-refractivity contribution in [2.45, 2.75) is 118 Å². The van der Waals surface area contributed by atoms with E-state index in [0.29, 0.717) is 29.1 Å². The van der Waals surface area contributed by atoms with Crippen molar-refractivity contribution >= 4 is 0 Å². The normalized spacial score (nSPS) is 53.5. The molecule has 4 aliphatic carbocycles. The van der Waals surface area contributed by atoms with Crippen molar-refractivity contribution in [1.82, 2.24) is 5.32 Å². The number of ether oxygens (including phenoxy) is 1. The number of hydrogen-bond donors (Lipinski definition) is 1. The molecule has 1 heterocycles. The fourth-order valence-corrected chi connectivity index (χ4v) is 10.0. The summed E-state index contributed by atoms with van der Waals surface area (Å²) in [5, 5.41) is 3.83. The molecule has 1 saturated heterocycles. The van der Waals surface area contributed by atoms with Crippen molar-refractivity contribution in [2.24, 2.45) is 52.3 Å². The third-order valence-electron chi connectivity index (χ3n) is 11.5. The topological polar surface area (TPSA) is 21.3 Å². The van der Waals surface area contributed by atoms with Gasteiger partial charge in [0.05, 0.1) is 6.10 Å². The van der Waals surface area contributed by atoms with E-state index >= 15 is 0 Å². The van der Waals surface area contributed by atoms with Crippen molar-refractivity contribution < 1.29 is 4.74 Å². The first-order valence-corrected chi connectivity index (χ1v) is 13.8. The Balaban J connectivity index is 1.30. The van der Waals surface area contributed by atoms with Gasteiger partial charge in [0, 0.05) is 12.5 Å². The van der Waals surface area contributed by atoms with Gasteiger partial charge in [0.25, 0.3) is 0 Å². The SMILES string of the molecule is CCC[C@H](C)CN[C@H]1O[C@H]2CC3[C@@H]4CCC5CCCC[C@]5(C)C4CC[C@]3(C)C2C1C. The Bertz CT molecular complexity index is 620. The summed E-state index contributed by atoms with van der Waals surface area (Å²) in [4.78, 5) is 0. The molecule has 1 N–H and O–H groups in total. The van der Waals surface area contributed by atoms with Crippen LogP contribution in [0.2, 0.25) is 0 Å². The summed E-state index contributed by atoms with van der Waals surface area (Å²) < 4.78 is 6.78. The summed E-state index contributed by atoms with van der Waals surface area (Å²) in [6, 6.07) is 0. The number of nitrogens with one attached hydrogen (secondary N) is 1. The van der Waals surface area contributed by atoms with Crippen molar-refractivity contribution in [2.75, 3.05) is 6.54 Å². The molecule has 0 aromatic carbocycles. The van der Waals surface area contributed by atoms with E-state index < -0.39 is 0 Å². The van der Waals surface area contributed by atoms with Gasteiger partial charge in [0.15, 0.2) is 0 Å². The van der Waals surface area contributed by atoms with E-state index in [1.807, 2.05) is 0 Å². The van der Waals surface area contributed by atoms with Gasteiger partial charge in [0.1, 0.15) is 6.23 Å². The van der Waals surface area contributed by atoms with E-state index in [-0.39, 0.29) is 0 Å². The van der Waals surface area contributed by atoms with Crippen LogP contribution in [0.5, 0.6) is 0 Å². The minimum Gasteiger partial charge on any atom is -0.360 e. The lowest BCUT2D eigenvalue weighted by Crippen LogP contribution is -2.53. The molecule has 30 heavy (non-hydrogen) atoms. The summed E-state index contributed by atoms with van der Waals surface area (Å²) in [5.41, 5.74) is 1.18. The van der Waals surface area contributed by atoms with Gasteiger partial charge < -0.3 is 4.74 Å². The number of hydrogen-bond acceptors (Lipinski definition) is 2. The molecular formula is C28H49NO. The molecule has 4 saturated carbocycles. The molecule has 0 aromatic heterocycles. The molecule has 0 aromatic rings. The quantitative estimate of drug-likeness (QED) is 0.520. The van der Waals surface area contributed by atoms with Crippen molar-refractivity contribution in [3.8, 4) is 0 Å². The lowest BCUT2D eigenvalue weighted by atomic mass is 9.44. The highest BCUT2D eigenvalue weighted by Crippen LogP contribution is 2.69. The van der Waals surface area contributed by atoms with Crippen molar-refractivity contribution in [3.63, 3.8) is 0 Å². The predicted octanol–water partition coefficient (Wildman–Crippen LogP) is 7.03. The van der Waals surface area contributed by atoms with E-state index in [4.69, 9.17) is 4.74 Å². The van der Waals surface area contributed by atoms with Crippen molar-refractivity contribution in [3.05, 3.63) is 0 Å². The highest BCUT2D eigenvalue weighted by atomic mass is 16.5. The van der Waals surface area contributed by atoms with Crippen LogP contribution in [0.4, 0.5) is 0 Å². The second-order valence-electron chi connectivity index (χ2n) is 13.0. The first-order chi connectivity index (χ1) is 14.4. The Morgan fingerprint density at radius 1 is 1.00 bits per heavy atom. The minimum atomic E-state index is 0.293. The summed E-state index contributed by atoms with van der Waals surface area (Å²) in [7, 11) is 0. The van der Waals surface area contributed by atoms with Gasteiger partial charge in [-0.3, -0.25) is 5.32 Å². The smallest absolute Gasteiger partial charge is 0.111 e. The molecule has 0 spiro atoms. The van der Waals surface area contributed by atoms with E-state index in [1.54, 1.807) is 0 Å². The highest BCUT2D eigenvalue weighted by molar-refractivity contribution is 5.13. The molecule has 172 valence electrons. The molecule has 0 radical (unpaired) electrons. The average molecular weight is 416 g/mol. The zero-order valence-electron chi connectivity index (χ0n) is 20.6. The van der Waals surface area contributed by atoms with Gasteiger partial charge in [-0.1, -0.05) is 53.9 Å². The molecule has 5 unspecified atom stereocenters. The van der Waals surface area contributed by atoms with Gasteiger partial charge in [-0.2, -0.15) is 0 Å². The molecule has 5 fully saturated rings. The van der Waals surface area contributed by atoms with E-state index in [0.717, 1.165) is 42.1 Å². The standard InChI is InChI=1S/C28H49NO/c1-6-9-18(2)17-29-26-19(3)25-24(30-26)16-23-21-12-11-20-10-7-8-14-27(20,4)22(21)13-15-28(23,25)5/h18-26,29H,6-17H2,1-5H3/t18-,19?,20?,21+,22?,23?,24-,25?,26-,27-,28-/m0/s1. The molecule has 0 amide bonds. The fraction of sp³-hybridized carbons (Fsp3) is 1.00. The van der Waals surface area contributed by atoms with Gasteiger partial charge in [-0.25, -0.2) is 0 Å². The lowest BCUT2D eigenvalue weighted by molar-refractivity contribution is -0.115. The monoisotopic (exact) mass is 415 g/mol. The van der Waals surface area contributed by atoms with Crippen LogP contribution in [0, 0.1) is 52.3 Å². The van der Waals surface area contributed by atoms with Crippen LogP contribution < -0.4 is 5.32 Å². The second kappa shape index (κ2) is 8.05. The van der Waals surface area contributed by atoms with E-state index in [1.165, 1.54) is 70.6 Å². The molecule has 2 nitrogen and oxygen atoms in total. The molecule has 11 atom stereocenters. The molecule has 5 rings (SSSR count). The van der Waals surface area contributed by atoms with Gasteiger partial charge in [-0.15, -0.1) is 0 Å². The van der Waals surface area contributed by atoms with Crippen LogP contribution in [-0.2, 0) is 4.74 Å². The maximum absolute atomic E-state index is 6.78. The van der Waals surface area contributed by atoms with Crippen LogP contribution in [0.3, 0.4) is 0 Å². The summed E-state index contributed by atoms with van der Waals surface area (Å²) in [6.07, 6.45) is 16.8. The van der Waals surface area contributed by atoms with E-state index in [2.05, 4.69) is 39.9 Å². The first kappa shape index (κ1) is 21.7. The van der Waals surface area contributed by atoms with Gasteiger partial charge in [-0.05, 0) is 97.7 Å². The van der Waals surface area contributed by atoms with Crippen molar-refractivity contribution in [1.29, 1.82) is 0 Å². The Hall–Kier alpha value is -0.0800. The van der Waals surface area contributed by atoms with Crippen LogP contribution in [-0.4, -0.2) is 18.9 Å². The van der Waals surface area contributed by atoms with Crippen LogP contribution in [0.25, 0.3) is 0 Å². The zero-order valence-corrected chi connectivity index (χ0v) is 20.6. The van der Waals surface area contributed by atoms with Crippen LogP contribution in [0.1, 0.15) is 105 Å². The Morgan fingerprint density at radius 2 is 1.83 bits per heavy atom. The Morgan fingerprint density at radius 3 is 2.63 bits per heavy atom. The second-order valence-corrected chi connectivity index (χ2v) is 13.0. The molecular weight excluding hydrogens is 366 g/mol. The molecule has 5 aliphatic rings. The molecule has 0 bridgehead atoms. The van der Waals surface area contributed by atoms with E-state index in [9.17, 15) is 0 Å². The van der Waals surface area contributed by atoms with Gasteiger partial charge in [0.2, 0.25) is 0 Å². The maximum Gasteiger partial charge on any atom is 0.111 e. The first-order valence-electron chi connectivity index (χ1n) is 13.8. The van der Waals surface area contributed by atoms with Crippen LogP contribution in [0.15, 0.2) is 0 Å². The third-order valence-corrected chi connectivity index (χ3v) is 11.5. The molecule has 1 aliphatic heterocycles. The minimum absolute atomic E-state index is 0.293. The van der Waals surface area contributed by atoms with Crippen LogP contribution >= 0.6 is 0 Å². The van der Waals surface area contributed by atoms with Gasteiger partial charge >= 0.3 is 0 Å². The highest BCUT2D eigenvalue weighted by Gasteiger charge is 2.65. The fourth-order valence-electron chi connectivity index (χ4n) is 10.0. The summed E-state index contributed by atoms with van der Waals surface area (Å²) in [6.45, 7) is 13.7. The Kier molecular flexibility index (Phi) is 5.84. The maximum atomic E-state index is 6.78. The largest absolute Gasteiger partial charge is 0.360 e. The summed E-state index contributed by atoms with van der Waals surface area (Å²) >= 11 is 0. The predicted molar refractivity (Wildman–Crippen MR) is 125 cm³/mol. The average Bonchev–Trinajstić information content (AvgIpc) is 3.19. The summed E-state index contributed by atoms with van der Waals surface area (Å²) in [5.74, 6) is 6.15. The third kappa shape index (κ3) is 3.25. The number of fused-ring (bicyclic) bond motifs is 7.